The Hall–Kier alpha value is -1.42. The Labute approximate surface area is 131 Å². The Bertz CT molecular complexity index is 525. The number of amides is 1. The molecule has 0 radical (unpaired) electrons. The highest BCUT2D eigenvalue weighted by Crippen LogP contribution is 2.33. The SMILES string of the molecule is COc1ccc(C2CCN(C(=O)OC(C)(C)C)C2)cc1Cl. The fourth-order valence-corrected chi connectivity index (χ4v) is 2.73. The number of carbonyl (C=O) groups excluding carboxylic acids is 1. The van der Waals surface area contributed by atoms with Crippen LogP contribution in [0.4, 0.5) is 4.79 Å². The van der Waals surface area contributed by atoms with Gasteiger partial charge < -0.3 is 14.4 Å². The predicted molar refractivity (Wildman–Crippen MR) is 83.2 cm³/mol. The monoisotopic (exact) mass is 311 g/mol. The van der Waals surface area contributed by atoms with Crippen LogP contribution in [0.1, 0.15) is 38.7 Å². The molecule has 116 valence electrons. The largest absolute Gasteiger partial charge is 0.495 e. The second kappa shape index (κ2) is 6.14. The molecule has 1 aromatic carbocycles. The van der Waals surface area contributed by atoms with Crippen LogP contribution in [0.2, 0.25) is 5.02 Å². The lowest BCUT2D eigenvalue weighted by atomic mass is 9.98. The number of benzene rings is 1. The van der Waals surface area contributed by atoms with Gasteiger partial charge in [0.05, 0.1) is 12.1 Å². The molecular formula is C16H22ClNO3. The molecule has 1 aliphatic heterocycles. The number of rotatable bonds is 2. The molecule has 1 atom stereocenters. The summed E-state index contributed by atoms with van der Waals surface area (Å²) in [6.07, 6.45) is 0.673. The van der Waals surface area contributed by atoms with Crippen molar-refractivity contribution >= 4 is 17.7 Å². The Kier molecular flexibility index (Phi) is 4.67. The summed E-state index contributed by atoms with van der Waals surface area (Å²) in [7, 11) is 1.60. The van der Waals surface area contributed by atoms with Crippen molar-refractivity contribution in [1.29, 1.82) is 0 Å². The van der Waals surface area contributed by atoms with Gasteiger partial charge in [-0.25, -0.2) is 4.79 Å². The molecule has 1 aromatic rings. The Morgan fingerprint density at radius 3 is 2.67 bits per heavy atom. The first-order valence-electron chi connectivity index (χ1n) is 7.11. The van der Waals surface area contributed by atoms with Crippen molar-refractivity contribution in [1.82, 2.24) is 4.90 Å². The van der Waals surface area contributed by atoms with Crippen molar-refractivity contribution in [2.24, 2.45) is 0 Å². The van der Waals surface area contributed by atoms with Gasteiger partial charge in [-0.3, -0.25) is 0 Å². The number of hydrogen-bond acceptors (Lipinski definition) is 3. The number of carbonyl (C=O) groups is 1. The molecule has 1 heterocycles. The lowest BCUT2D eigenvalue weighted by Gasteiger charge is -2.24. The number of likely N-dealkylation sites (tertiary alicyclic amines) is 1. The van der Waals surface area contributed by atoms with Crippen LogP contribution < -0.4 is 4.74 Å². The molecule has 2 rings (SSSR count). The molecule has 0 saturated carbocycles. The van der Waals surface area contributed by atoms with E-state index in [1.165, 1.54) is 0 Å². The van der Waals surface area contributed by atoms with Gasteiger partial charge in [-0.1, -0.05) is 17.7 Å². The maximum atomic E-state index is 12.1. The Morgan fingerprint density at radius 2 is 2.10 bits per heavy atom. The molecule has 5 heteroatoms. The van der Waals surface area contributed by atoms with Gasteiger partial charge in [0.15, 0.2) is 0 Å². The summed E-state index contributed by atoms with van der Waals surface area (Å²) in [5.74, 6) is 0.961. The molecule has 0 spiro atoms. The summed E-state index contributed by atoms with van der Waals surface area (Å²) in [5, 5.41) is 0.603. The number of nitrogens with zero attached hydrogens (tertiary/aromatic N) is 1. The fraction of sp³-hybridized carbons (Fsp3) is 0.562. The van der Waals surface area contributed by atoms with E-state index in [0.717, 1.165) is 12.0 Å². The first kappa shape index (κ1) is 16.0. The highest BCUT2D eigenvalue weighted by molar-refractivity contribution is 6.32. The third-order valence-electron chi connectivity index (χ3n) is 3.49. The summed E-state index contributed by atoms with van der Waals surface area (Å²) in [6.45, 7) is 7.01. The molecule has 0 aromatic heterocycles. The molecule has 1 aliphatic rings. The van der Waals surface area contributed by atoms with Crippen molar-refractivity contribution < 1.29 is 14.3 Å². The second-order valence-corrected chi connectivity index (χ2v) is 6.71. The van der Waals surface area contributed by atoms with Gasteiger partial charge in [-0.2, -0.15) is 0 Å². The van der Waals surface area contributed by atoms with E-state index in [1.54, 1.807) is 12.0 Å². The van der Waals surface area contributed by atoms with Crippen LogP contribution in [-0.2, 0) is 4.74 Å². The van der Waals surface area contributed by atoms with Crippen LogP contribution in [0, 0.1) is 0 Å². The van der Waals surface area contributed by atoms with Gasteiger partial charge in [-0.05, 0) is 44.9 Å². The zero-order valence-electron chi connectivity index (χ0n) is 13.0. The van der Waals surface area contributed by atoms with Crippen molar-refractivity contribution in [2.75, 3.05) is 20.2 Å². The maximum Gasteiger partial charge on any atom is 0.410 e. The van der Waals surface area contributed by atoms with Crippen molar-refractivity contribution in [3.8, 4) is 5.75 Å². The van der Waals surface area contributed by atoms with Crippen molar-refractivity contribution in [3.05, 3.63) is 28.8 Å². The van der Waals surface area contributed by atoms with Crippen LogP contribution in [0.15, 0.2) is 18.2 Å². The van der Waals surface area contributed by atoms with Crippen molar-refractivity contribution in [3.63, 3.8) is 0 Å². The molecule has 1 unspecified atom stereocenters. The highest BCUT2D eigenvalue weighted by atomic mass is 35.5. The van der Waals surface area contributed by atoms with Crippen LogP contribution in [0.5, 0.6) is 5.75 Å². The van der Waals surface area contributed by atoms with Gasteiger partial charge in [0.1, 0.15) is 11.4 Å². The van der Waals surface area contributed by atoms with E-state index in [2.05, 4.69) is 0 Å². The van der Waals surface area contributed by atoms with E-state index in [1.807, 2.05) is 39.0 Å². The first-order chi connectivity index (χ1) is 9.80. The van der Waals surface area contributed by atoms with E-state index < -0.39 is 5.60 Å². The number of hydrogen-bond donors (Lipinski definition) is 0. The smallest absolute Gasteiger partial charge is 0.410 e. The van der Waals surface area contributed by atoms with E-state index in [-0.39, 0.29) is 6.09 Å². The van der Waals surface area contributed by atoms with Gasteiger partial charge in [0, 0.05) is 19.0 Å². The molecule has 4 nitrogen and oxygen atoms in total. The Morgan fingerprint density at radius 1 is 1.38 bits per heavy atom. The fourth-order valence-electron chi connectivity index (χ4n) is 2.46. The third kappa shape index (κ3) is 4.03. The maximum absolute atomic E-state index is 12.1. The zero-order valence-corrected chi connectivity index (χ0v) is 13.7. The molecule has 0 aliphatic carbocycles. The van der Waals surface area contributed by atoms with Crippen molar-refractivity contribution in [2.45, 2.75) is 38.7 Å². The molecule has 0 N–H and O–H groups in total. The lowest BCUT2D eigenvalue weighted by molar-refractivity contribution is 0.0292. The summed E-state index contributed by atoms with van der Waals surface area (Å²) in [4.78, 5) is 13.8. The average molecular weight is 312 g/mol. The molecule has 1 fully saturated rings. The van der Waals surface area contributed by atoms with Gasteiger partial charge >= 0.3 is 6.09 Å². The quantitative estimate of drug-likeness (QED) is 0.826. The van der Waals surface area contributed by atoms with Crippen LogP contribution in [0.25, 0.3) is 0 Å². The number of halogens is 1. The first-order valence-corrected chi connectivity index (χ1v) is 7.49. The normalized spacial score (nSPS) is 18.7. The molecule has 21 heavy (non-hydrogen) atoms. The van der Waals surface area contributed by atoms with E-state index in [9.17, 15) is 4.79 Å². The minimum atomic E-state index is -0.460. The average Bonchev–Trinajstić information content (AvgIpc) is 2.86. The van der Waals surface area contributed by atoms with E-state index in [0.29, 0.717) is 29.8 Å². The number of methoxy groups -OCH3 is 1. The molecule has 1 saturated heterocycles. The predicted octanol–water partition coefficient (Wildman–Crippen LogP) is 4.07. The molecule has 0 bridgehead atoms. The van der Waals surface area contributed by atoms with Crippen LogP contribution in [-0.4, -0.2) is 36.8 Å². The van der Waals surface area contributed by atoms with Gasteiger partial charge in [-0.15, -0.1) is 0 Å². The summed E-state index contributed by atoms with van der Waals surface area (Å²) in [5.41, 5.74) is 0.672. The van der Waals surface area contributed by atoms with Crippen LogP contribution >= 0.6 is 11.6 Å². The summed E-state index contributed by atoms with van der Waals surface area (Å²) >= 11 is 6.16. The third-order valence-corrected chi connectivity index (χ3v) is 3.78. The minimum absolute atomic E-state index is 0.246. The zero-order chi connectivity index (χ0) is 15.6. The van der Waals surface area contributed by atoms with Gasteiger partial charge in [0.25, 0.3) is 0 Å². The van der Waals surface area contributed by atoms with Crippen LogP contribution in [0.3, 0.4) is 0 Å². The Balaban J connectivity index is 2.02. The summed E-state index contributed by atoms with van der Waals surface area (Å²) < 4.78 is 10.6. The van der Waals surface area contributed by atoms with Gasteiger partial charge in [0.2, 0.25) is 0 Å². The van der Waals surface area contributed by atoms with E-state index >= 15 is 0 Å². The minimum Gasteiger partial charge on any atom is -0.495 e. The second-order valence-electron chi connectivity index (χ2n) is 6.31. The van der Waals surface area contributed by atoms with E-state index in [4.69, 9.17) is 21.1 Å². The topological polar surface area (TPSA) is 38.8 Å². The highest BCUT2D eigenvalue weighted by Gasteiger charge is 2.30. The summed E-state index contributed by atoms with van der Waals surface area (Å²) in [6, 6.07) is 5.80. The standard InChI is InChI=1S/C16H22ClNO3/c1-16(2,3)21-15(19)18-8-7-12(10-18)11-5-6-14(20-4)13(17)9-11/h5-6,9,12H,7-8,10H2,1-4H3. The lowest BCUT2D eigenvalue weighted by Crippen LogP contribution is -2.35. The molecule has 1 amide bonds. The molecular weight excluding hydrogens is 290 g/mol. The number of ether oxygens (including phenoxy) is 2.